The molecule has 0 aromatic carbocycles. The van der Waals surface area contributed by atoms with Gasteiger partial charge in [-0.2, -0.15) is 11.8 Å². The predicted octanol–water partition coefficient (Wildman–Crippen LogP) is 4.38. The third kappa shape index (κ3) is 3.07. The normalized spacial score (nSPS) is 29.9. The summed E-state index contributed by atoms with van der Waals surface area (Å²) < 4.78 is 0. The molecule has 0 radical (unpaired) electrons. The van der Waals surface area contributed by atoms with E-state index in [1.165, 1.54) is 41.5 Å². The van der Waals surface area contributed by atoms with Gasteiger partial charge in [0.15, 0.2) is 0 Å². The van der Waals surface area contributed by atoms with Gasteiger partial charge in [0.25, 0.3) is 0 Å². The Balaban J connectivity index is 1.91. The van der Waals surface area contributed by atoms with Crippen molar-refractivity contribution in [3.63, 3.8) is 0 Å². The van der Waals surface area contributed by atoms with Crippen molar-refractivity contribution >= 4 is 23.1 Å². The minimum atomic E-state index is 0.116. The average Bonchev–Trinajstić information content (AvgIpc) is 3.00. The highest BCUT2D eigenvalue weighted by molar-refractivity contribution is 7.99. The van der Waals surface area contributed by atoms with E-state index in [0.29, 0.717) is 11.3 Å². The molecule has 1 aliphatic heterocycles. The molecule has 20 heavy (non-hydrogen) atoms. The Labute approximate surface area is 131 Å². The fraction of sp³-hybridized carbons (Fsp3) is 0.812. The van der Waals surface area contributed by atoms with Crippen LogP contribution in [0, 0.1) is 5.41 Å². The lowest BCUT2D eigenvalue weighted by Crippen LogP contribution is -2.51. The Morgan fingerprint density at radius 1 is 1.30 bits per heavy atom. The second-order valence-electron chi connectivity index (χ2n) is 7.57. The molecule has 1 aromatic heterocycles. The van der Waals surface area contributed by atoms with Crippen LogP contribution < -0.4 is 5.32 Å². The number of aromatic nitrogens is 1. The number of nitrogens with zero attached hydrogens (tertiary/aromatic N) is 1. The van der Waals surface area contributed by atoms with E-state index in [1.807, 2.05) is 11.3 Å². The third-order valence-corrected chi connectivity index (χ3v) is 6.95. The second kappa shape index (κ2) is 5.29. The summed E-state index contributed by atoms with van der Waals surface area (Å²) in [6.07, 6.45) is 3.90. The van der Waals surface area contributed by atoms with Crippen LogP contribution in [0.15, 0.2) is 5.38 Å². The van der Waals surface area contributed by atoms with Crippen molar-refractivity contribution in [3.8, 4) is 0 Å². The van der Waals surface area contributed by atoms with Gasteiger partial charge in [-0.1, -0.05) is 27.7 Å². The lowest BCUT2D eigenvalue weighted by molar-refractivity contribution is 0.221. The van der Waals surface area contributed by atoms with Crippen LogP contribution in [0.4, 0.5) is 0 Å². The SMILES string of the molecule is CC(C)c1csc(C2(NC3CC3)CSCC(C)(C)C2)n1. The van der Waals surface area contributed by atoms with Gasteiger partial charge in [0.1, 0.15) is 5.01 Å². The molecule has 3 rings (SSSR count). The van der Waals surface area contributed by atoms with E-state index >= 15 is 0 Å². The molecule has 0 amide bonds. The van der Waals surface area contributed by atoms with Gasteiger partial charge in [0.05, 0.1) is 11.2 Å². The average molecular weight is 311 g/mol. The van der Waals surface area contributed by atoms with Crippen molar-refractivity contribution < 1.29 is 0 Å². The predicted molar refractivity (Wildman–Crippen MR) is 89.8 cm³/mol. The van der Waals surface area contributed by atoms with Crippen molar-refractivity contribution in [3.05, 3.63) is 16.1 Å². The molecular formula is C16H26N2S2. The van der Waals surface area contributed by atoms with E-state index in [1.54, 1.807) is 0 Å². The highest BCUT2D eigenvalue weighted by Gasteiger charge is 2.46. The van der Waals surface area contributed by atoms with E-state index in [4.69, 9.17) is 4.98 Å². The summed E-state index contributed by atoms with van der Waals surface area (Å²) in [5, 5.41) is 7.55. The maximum Gasteiger partial charge on any atom is 0.114 e. The van der Waals surface area contributed by atoms with E-state index < -0.39 is 0 Å². The summed E-state index contributed by atoms with van der Waals surface area (Å²) in [5.41, 5.74) is 1.77. The molecule has 1 aromatic rings. The molecule has 1 unspecified atom stereocenters. The number of nitrogens with one attached hydrogen (secondary N) is 1. The summed E-state index contributed by atoms with van der Waals surface area (Å²) in [6.45, 7) is 9.28. The Morgan fingerprint density at radius 2 is 2.05 bits per heavy atom. The van der Waals surface area contributed by atoms with Gasteiger partial charge in [-0.25, -0.2) is 4.98 Å². The van der Waals surface area contributed by atoms with Gasteiger partial charge in [-0.15, -0.1) is 11.3 Å². The van der Waals surface area contributed by atoms with Crippen molar-refractivity contribution in [2.75, 3.05) is 11.5 Å². The molecule has 1 N–H and O–H groups in total. The molecule has 1 saturated carbocycles. The summed E-state index contributed by atoms with van der Waals surface area (Å²) >= 11 is 3.96. The Kier molecular flexibility index (Phi) is 3.93. The first-order valence-electron chi connectivity index (χ1n) is 7.72. The minimum absolute atomic E-state index is 0.116. The molecule has 1 aliphatic carbocycles. The van der Waals surface area contributed by atoms with Crippen LogP contribution in [-0.2, 0) is 5.54 Å². The van der Waals surface area contributed by atoms with Crippen LogP contribution in [0.1, 0.15) is 63.6 Å². The monoisotopic (exact) mass is 310 g/mol. The van der Waals surface area contributed by atoms with Gasteiger partial charge >= 0.3 is 0 Å². The highest BCUT2D eigenvalue weighted by Crippen LogP contribution is 2.47. The molecule has 2 nitrogen and oxygen atoms in total. The zero-order valence-corrected chi connectivity index (χ0v) is 14.7. The molecule has 2 heterocycles. The van der Waals surface area contributed by atoms with Crippen LogP contribution in [-0.4, -0.2) is 22.5 Å². The number of rotatable bonds is 4. The number of hydrogen-bond acceptors (Lipinski definition) is 4. The van der Waals surface area contributed by atoms with E-state index in [2.05, 4.69) is 50.2 Å². The molecule has 112 valence electrons. The van der Waals surface area contributed by atoms with Crippen LogP contribution in [0.25, 0.3) is 0 Å². The Hall–Kier alpha value is -0.0600. The first-order chi connectivity index (χ1) is 9.40. The first kappa shape index (κ1) is 14.9. The maximum atomic E-state index is 4.99. The van der Waals surface area contributed by atoms with Crippen LogP contribution >= 0.6 is 23.1 Å². The molecule has 0 spiro atoms. The highest BCUT2D eigenvalue weighted by atomic mass is 32.2. The minimum Gasteiger partial charge on any atom is -0.302 e. The van der Waals surface area contributed by atoms with E-state index in [9.17, 15) is 0 Å². The van der Waals surface area contributed by atoms with Crippen molar-refractivity contribution in [2.24, 2.45) is 5.41 Å². The third-order valence-electron chi connectivity index (χ3n) is 4.20. The van der Waals surface area contributed by atoms with E-state index in [-0.39, 0.29) is 5.54 Å². The maximum absolute atomic E-state index is 4.99. The molecule has 2 aliphatic rings. The van der Waals surface area contributed by atoms with Gasteiger partial charge in [0, 0.05) is 17.2 Å². The lowest BCUT2D eigenvalue weighted by atomic mass is 9.80. The summed E-state index contributed by atoms with van der Waals surface area (Å²) in [7, 11) is 0. The number of thiazole rings is 1. The molecular weight excluding hydrogens is 284 g/mol. The van der Waals surface area contributed by atoms with E-state index in [0.717, 1.165) is 6.04 Å². The second-order valence-corrected chi connectivity index (χ2v) is 9.41. The smallest absolute Gasteiger partial charge is 0.114 e. The van der Waals surface area contributed by atoms with Gasteiger partial charge in [-0.3, -0.25) is 0 Å². The number of hydrogen-bond donors (Lipinski definition) is 1. The molecule has 4 heteroatoms. The lowest BCUT2D eigenvalue weighted by Gasteiger charge is -2.44. The Morgan fingerprint density at radius 3 is 2.60 bits per heavy atom. The quantitative estimate of drug-likeness (QED) is 0.893. The largest absolute Gasteiger partial charge is 0.302 e. The number of thioether (sulfide) groups is 1. The molecule has 2 fully saturated rings. The summed E-state index contributed by atoms with van der Waals surface area (Å²) in [5.74, 6) is 2.98. The fourth-order valence-electron chi connectivity index (χ4n) is 3.10. The summed E-state index contributed by atoms with van der Waals surface area (Å²) in [4.78, 5) is 4.99. The van der Waals surface area contributed by atoms with Gasteiger partial charge in [0.2, 0.25) is 0 Å². The Bertz CT molecular complexity index is 477. The molecule has 1 atom stereocenters. The zero-order valence-electron chi connectivity index (χ0n) is 13.0. The summed E-state index contributed by atoms with van der Waals surface area (Å²) in [6, 6.07) is 0.732. The molecule has 1 saturated heterocycles. The topological polar surface area (TPSA) is 24.9 Å². The van der Waals surface area contributed by atoms with Crippen molar-refractivity contribution in [1.82, 2.24) is 10.3 Å². The van der Waals surface area contributed by atoms with Crippen LogP contribution in [0.5, 0.6) is 0 Å². The molecule has 0 bridgehead atoms. The standard InChI is InChI=1S/C16H26N2S2/c1-11(2)13-7-20-14(17-13)16(18-12-5-6-12)8-15(3,4)9-19-10-16/h7,11-12,18H,5-6,8-10H2,1-4H3. The van der Waals surface area contributed by atoms with Crippen molar-refractivity contribution in [2.45, 2.75) is 64.5 Å². The van der Waals surface area contributed by atoms with Gasteiger partial charge in [-0.05, 0) is 36.3 Å². The zero-order chi connectivity index (χ0) is 14.4. The fourth-order valence-corrected chi connectivity index (χ4v) is 5.76. The first-order valence-corrected chi connectivity index (χ1v) is 9.75. The van der Waals surface area contributed by atoms with Gasteiger partial charge < -0.3 is 5.32 Å². The van der Waals surface area contributed by atoms with Crippen LogP contribution in [0.3, 0.4) is 0 Å². The van der Waals surface area contributed by atoms with Crippen LogP contribution in [0.2, 0.25) is 0 Å². The van der Waals surface area contributed by atoms with Crippen molar-refractivity contribution in [1.29, 1.82) is 0 Å².